The van der Waals surface area contributed by atoms with Crippen LogP contribution in [0.1, 0.15) is 19.4 Å². The van der Waals surface area contributed by atoms with Crippen molar-refractivity contribution in [2.24, 2.45) is 5.41 Å². The minimum atomic E-state index is -0.0693. The van der Waals surface area contributed by atoms with Gasteiger partial charge in [-0.3, -0.25) is 0 Å². The van der Waals surface area contributed by atoms with Crippen LogP contribution in [0, 0.1) is 5.41 Å². The highest BCUT2D eigenvalue weighted by molar-refractivity contribution is 5.84. The average molecular weight is 244 g/mol. The average Bonchev–Trinajstić information content (AvgIpc) is 2.37. The number of aliphatic hydroxyl groups is 1. The molecule has 96 valence electrons. The van der Waals surface area contributed by atoms with Crippen molar-refractivity contribution in [1.82, 2.24) is 0 Å². The summed E-state index contributed by atoms with van der Waals surface area (Å²) in [6.07, 6.45) is 0.880. The molecule has 2 aromatic rings. The van der Waals surface area contributed by atoms with Gasteiger partial charge in [0.25, 0.3) is 0 Å². The van der Waals surface area contributed by atoms with Crippen molar-refractivity contribution < 1.29 is 9.84 Å². The quantitative estimate of drug-likeness (QED) is 0.893. The molecule has 1 N–H and O–H groups in total. The third kappa shape index (κ3) is 2.82. The second kappa shape index (κ2) is 4.99. The first-order valence-corrected chi connectivity index (χ1v) is 6.22. The summed E-state index contributed by atoms with van der Waals surface area (Å²) < 4.78 is 5.22. The summed E-state index contributed by atoms with van der Waals surface area (Å²) in [5.41, 5.74) is 1.19. The lowest BCUT2D eigenvalue weighted by atomic mass is 9.86. The lowest BCUT2D eigenvalue weighted by molar-refractivity contribution is 0.159. The van der Waals surface area contributed by atoms with Gasteiger partial charge < -0.3 is 9.84 Å². The van der Waals surface area contributed by atoms with Gasteiger partial charge in [0.1, 0.15) is 5.75 Å². The number of hydrogen-bond donors (Lipinski definition) is 1. The van der Waals surface area contributed by atoms with Crippen molar-refractivity contribution in [1.29, 1.82) is 0 Å². The fraction of sp³-hybridized carbons (Fsp3) is 0.375. The number of aliphatic hydroxyl groups excluding tert-OH is 1. The van der Waals surface area contributed by atoms with Gasteiger partial charge in [-0.25, -0.2) is 0 Å². The van der Waals surface area contributed by atoms with Gasteiger partial charge in [0.2, 0.25) is 0 Å². The normalized spacial score (nSPS) is 11.8. The minimum absolute atomic E-state index is 0.0693. The van der Waals surface area contributed by atoms with Crippen LogP contribution in [0.2, 0.25) is 0 Å². The lowest BCUT2D eigenvalue weighted by Gasteiger charge is -2.21. The molecule has 0 heterocycles. The van der Waals surface area contributed by atoms with E-state index < -0.39 is 0 Å². The van der Waals surface area contributed by atoms with Crippen molar-refractivity contribution in [2.45, 2.75) is 20.3 Å². The van der Waals surface area contributed by atoms with E-state index in [1.54, 1.807) is 7.11 Å². The lowest BCUT2D eigenvalue weighted by Crippen LogP contribution is -2.19. The molecule has 0 amide bonds. The summed E-state index contributed by atoms with van der Waals surface area (Å²) in [4.78, 5) is 0. The van der Waals surface area contributed by atoms with E-state index in [0.29, 0.717) is 0 Å². The molecule has 0 unspecified atom stereocenters. The Hall–Kier alpha value is -1.54. The maximum Gasteiger partial charge on any atom is 0.119 e. The van der Waals surface area contributed by atoms with Crippen molar-refractivity contribution in [3.8, 4) is 5.75 Å². The van der Waals surface area contributed by atoms with E-state index in [0.717, 1.165) is 12.2 Å². The third-order valence-electron chi connectivity index (χ3n) is 3.22. The van der Waals surface area contributed by atoms with E-state index in [9.17, 15) is 5.11 Å². The first kappa shape index (κ1) is 12.9. The summed E-state index contributed by atoms with van der Waals surface area (Å²) in [6.45, 7) is 4.35. The monoisotopic (exact) mass is 244 g/mol. The van der Waals surface area contributed by atoms with Gasteiger partial charge >= 0.3 is 0 Å². The Kier molecular flexibility index (Phi) is 3.58. The Balaban J connectivity index is 2.33. The van der Waals surface area contributed by atoms with E-state index in [-0.39, 0.29) is 12.0 Å². The number of methoxy groups -OCH3 is 1. The van der Waals surface area contributed by atoms with E-state index >= 15 is 0 Å². The molecule has 0 radical (unpaired) electrons. The SMILES string of the molecule is COc1ccc2cc(CC(C)(C)CO)ccc2c1. The zero-order valence-electron chi connectivity index (χ0n) is 11.2. The topological polar surface area (TPSA) is 29.5 Å². The van der Waals surface area contributed by atoms with Gasteiger partial charge in [-0.2, -0.15) is 0 Å². The van der Waals surface area contributed by atoms with E-state index in [1.165, 1.54) is 16.3 Å². The molecule has 0 aliphatic heterocycles. The molecule has 0 saturated carbocycles. The fourth-order valence-corrected chi connectivity index (χ4v) is 2.12. The van der Waals surface area contributed by atoms with Crippen molar-refractivity contribution in [3.63, 3.8) is 0 Å². The van der Waals surface area contributed by atoms with Gasteiger partial charge in [-0.15, -0.1) is 0 Å². The number of benzene rings is 2. The fourth-order valence-electron chi connectivity index (χ4n) is 2.12. The maximum atomic E-state index is 9.32. The second-order valence-corrected chi connectivity index (χ2v) is 5.55. The molecule has 2 heteroatoms. The van der Waals surface area contributed by atoms with E-state index in [1.807, 2.05) is 12.1 Å². The molecule has 18 heavy (non-hydrogen) atoms. The number of ether oxygens (including phenoxy) is 1. The second-order valence-electron chi connectivity index (χ2n) is 5.55. The Morgan fingerprint density at radius 1 is 1.06 bits per heavy atom. The first-order chi connectivity index (χ1) is 8.54. The van der Waals surface area contributed by atoms with Crippen LogP contribution in [0.4, 0.5) is 0 Å². The molecule has 2 rings (SSSR count). The van der Waals surface area contributed by atoms with Crippen LogP contribution in [0.15, 0.2) is 36.4 Å². The van der Waals surface area contributed by atoms with Crippen molar-refractivity contribution in [3.05, 3.63) is 42.0 Å². The smallest absolute Gasteiger partial charge is 0.119 e. The highest BCUT2D eigenvalue weighted by atomic mass is 16.5. The molecule has 0 spiro atoms. The predicted octanol–water partition coefficient (Wildman–Crippen LogP) is 3.41. The molecular weight excluding hydrogens is 224 g/mol. The number of fused-ring (bicyclic) bond motifs is 1. The highest BCUT2D eigenvalue weighted by Gasteiger charge is 2.17. The number of rotatable bonds is 4. The summed E-state index contributed by atoms with van der Waals surface area (Å²) in [5.74, 6) is 0.880. The Labute approximate surface area is 108 Å². The van der Waals surface area contributed by atoms with Gasteiger partial charge in [0.05, 0.1) is 7.11 Å². The van der Waals surface area contributed by atoms with Crippen LogP contribution in [0.25, 0.3) is 10.8 Å². The predicted molar refractivity (Wildman–Crippen MR) is 75.1 cm³/mol. The summed E-state index contributed by atoms with van der Waals surface area (Å²) in [5, 5.41) is 11.7. The number of hydrogen-bond acceptors (Lipinski definition) is 2. The van der Waals surface area contributed by atoms with Crippen LogP contribution >= 0.6 is 0 Å². The van der Waals surface area contributed by atoms with E-state index in [4.69, 9.17) is 4.74 Å². The van der Waals surface area contributed by atoms with Gasteiger partial charge in [0, 0.05) is 6.61 Å². The van der Waals surface area contributed by atoms with Crippen LogP contribution in [-0.4, -0.2) is 18.8 Å². The zero-order valence-corrected chi connectivity index (χ0v) is 11.2. The van der Waals surface area contributed by atoms with Crippen LogP contribution < -0.4 is 4.74 Å². The summed E-state index contributed by atoms with van der Waals surface area (Å²) >= 11 is 0. The first-order valence-electron chi connectivity index (χ1n) is 6.22. The molecule has 0 bridgehead atoms. The summed E-state index contributed by atoms with van der Waals surface area (Å²) in [6, 6.07) is 12.5. The molecule has 2 nitrogen and oxygen atoms in total. The Morgan fingerprint density at radius 2 is 1.72 bits per heavy atom. The van der Waals surface area contributed by atoms with Crippen molar-refractivity contribution in [2.75, 3.05) is 13.7 Å². The largest absolute Gasteiger partial charge is 0.497 e. The van der Waals surface area contributed by atoms with Crippen molar-refractivity contribution >= 4 is 10.8 Å². The molecule has 0 fully saturated rings. The minimum Gasteiger partial charge on any atom is -0.497 e. The highest BCUT2D eigenvalue weighted by Crippen LogP contribution is 2.26. The Bertz CT molecular complexity index is 544. The standard InChI is InChI=1S/C16H20O2/c1-16(2,11-17)10-12-4-5-14-9-15(18-3)7-6-13(14)8-12/h4-9,17H,10-11H2,1-3H3. The van der Waals surface area contributed by atoms with Crippen LogP contribution in [-0.2, 0) is 6.42 Å². The van der Waals surface area contributed by atoms with Crippen LogP contribution in [0.5, 0.6) is 5.75 Å². The summed E-state index contributed by atoms with van der Waals surface area (Å²) in [7, 11) is 1.68. The third-order valence-corrected chi connectivity index (χ3v) is 3.22. The zero-order chi connectivity index (χ0) is 13.2. The van der Waals surface area contributed by atoms with Gasteiger partial charge in [-0.1, -0.05) is 38.1 Å². The molecule has 0 aromatic heterocycles. The molecule has 2 aromatic carbocycles. The maximum absolute atomic E-state index is 9.32. The van der Waals surface area contributed by atoms with E-state index in [2.05, 4.69) is 38.1 Å². The van der Waals surface area contributed by atoms with Gasteiger partial charge in [0.15, 0.2) is 0 Å². The molecule has 0 aliphatic rings. The molecule has 0 saturated heterocycles. The van der Waals surface area contributed by atoms with Gasteiger partial charge in [-0.05, 0) is 40.3 Å². The van der Waals surface area contributed by atoms with Crippen LogP contribution in [0.3, 0.4) is 0 Å². The Morgan fingerprint density at radius 3 is 2.39 bits per heavy atom. The molecular formula is C16H20O2. The molecule has 0 aliphatic carbocycles. The molecule has 0 atom stereocenters.